The second-order valence-corrected chi connectivity index (χ2v) is 39.1. The summed E-state index contributed by atoms with van der Waals surface area (Å²) in [5, 5.41) is 0. The highest BCUT2D eigenvalue weighted by atomic mass is 16.5. The molecule has 0 saturated heterocycles. The van der Waals surface area contributed by atoms with Crippen molar-refractivity contribution in [3.63, 3.8) is 0 Å². The van der Waals surface area contributed by atoms with E-state index in [1.165, 1.54) is 6.42 Å². The predicted octanol–water partition coefficient (Wildman–Crippen LogP) is 21.0. The molecule has 2 aromatic carbocycles. The Morgan fingerprint density at radius 2 is 0.596 bits per heavy atom. The molecule has 0 aliphatic rings. The van der Waals surface area contributed by atoms with Crippen LogP contribution in [0.15, 0.2) is 48.5 Å². The van der Waals surface area contributed by atoms with Gasteiger partial charge in [-0.1, -0.05) is 298 Å². The van der Waals surface area contributed by atoms with Crippen LogP contribution in [0.25, 0.3) is 0 Å². The van der Waals surface area contributed by atoms with E-state index < -0.39 is 16.2 Å². The Balaban J connectivity index is -0.000000550. The van der Waals surface area contributed by atoms with Gasteiger partial charge in [0.25, 0.3) is 0 Å². The van der Waals surface area contributed by atoms with Crippen molar-refractivity contribution in [2.75, 3.05) is 26.4 Å². The van der Waals surface area contributed by atoms with Crippen molar-refractivity contribution in [3.8, 4) is 0 Å². The van der Waals surface area contributed by atoms with Crippen LogP contribution in [-0.2, 0) is 65.5 Å². The zero-order valence-electron chi connectivity index (χ0n) is 70.0. The summed E-state index contributed by atoms with van der Waals surface area (Å²) in [5.41, 5.74) is 0.0808. The first kappa shape index (κ1) is 100. The van der Waals surface area contributed by atoms with E-state index in [4.69, 9.17) is 9.47 Å². The number of carbonyl (C=O) groups is 11. The van der Waals surface area contributed by atoms with Crippen molar-refractivity contribution in [3.05, 3.63) is 70.8 Å². The van der Waals surface area contributed by atoms with E-state index in [0.717, 1.165) is 36.1 Å². The maximum absolute atomic E-state index is 12.4. The summed E-state index contributed by atoms with van der Waals surface area (Å²) in [7, 11) is 0. The minimum absolute atomic E-state index is 0.0178. The molecule has 0 bridgehead atoms. The number of ether oxygens (including phenoxy) is 2. The molecule has 0 aromatic heterocycles. The van der Waals surface area contributed by atoms with Gasteiger partial charge in [-0.3, -0.25) is 52.7 Å². The quantitative estimate of drug-likeness (QED) is 0.0709. The summed E-state index contributed by atoms with van der Waals surface area (Å²) in [5.74, 6) is 1.78. The fraction of sp³-hybridized carbons (Fsp3) is 0.733. The van der Waals surface area contributed by atoms with Gasteiger partial charge >= 0.3 is 0 Å². The van der Waals surface area contributed by atoms with Crippen molar-refractivity contribution < 1.29 is 62.2 Å². The highest BCUT2D eigenvalue weighted by Gasteiger charge is 2.31. The van der Waals surface area contributed by atoms with Crippen molar-refractivity contribution in [1.82, 2.24) is 0 Å². The smallest absolute Gasteiger partial charge is 0.168 e. The average molecular weight is 1390 g/mol. The lowest BCUT2D eigenvalue weighted by atomic mass is 9.81. The highest BCUT2D eigenvalue weighted by molar-refractivity contribution is 6.02. The van der Waals surface area contributed by atoms with Gasteiger partial charge in [-0.15, -0.1) is 0 Å². The molecule has 13 heteroatoms. The first-order valence-electron chi connectivity index (χ1n) is 36.0. The molecule has 0 aliphatic carbocycles. The number of rotatable bonds is 24. The first-order chi connectivity index (χ1) is 43.8. The van der Waals surface area contributed by atoms with Gasteiger partial charge in [-0.25, -0.2) is 0 Å². The standard InChI is InChI=1S/C18H26O2.C17H24O2.C14H28O2.C13H24O2.C12H22O3.C12H22O2/c1-17(2,3)15(19)12-9-13-7-10-14(11-8-13)16(20)18(4,5)6;1-16(2,3)14(18)11-12-9-7-8-10-13(12)15(19)17(4,5)6;1-13(2,3)9-7-10-16-11-8-12(15)14(4,5)6;1-12(2,3)10(14)8-7-9-11(15)13(4,5)6;1-11(2,3)9(13)7-15-8-10(14)12(4,5)6;1-11(2,3)9(13)7-8-10(14)12(4,5)6/h7-8,10-11H,9,12H2,1-6H3;7-10H,11H2,1-6H3;7-11H2,1-6H3;7-9H2,1-6H3;7-8H2,1-6H3;7-8H2,1-6H3. The van der Waals surface area contributed by atoms with Gasteiger partial charge in [0, 0.05) is 122 Å². The Morgan fingerprint density at radius 1 is 0.283 bits per heavy atom. The topological polar surface area (TPSA) is 206 Å². The van der Waals surface area contributed by atoms with E-state index in [1.54, 1.807) is 0 Å². The summed E-state index contributed by atoms with van der Waals surface area (Å²) in [6, 6.07) is 15.1. The van der Waals surface area contributed by atoms with Crippen LogP contribution in [-0.4, -0.2) is 90.0 Å². The Hall–Kier alpha value is -5.27. The molecule has 0 N–H and O–H groups in total. The number of carbonyl (C=O) groups excluding carboxylic acids is 11. The van der Waals surface area contributed by atoms with Crippen LogP contribution in [0.4, 0.5) is 0 Å². The van der Waals surface area contributed by atoms with Crippen LogP contribution in [0, 0.1) is 65.0 Å². The second-order valence-electron chi connectivity index (χ2n) is 39.1. The number of ketones is 11. The Kier molecular flexibility index (Phi) is 42.2. The van der Waals surface area contributed by atoms with Crippen molar-refractivity contribution in [2.24, 2.45) is 65.0 Å². The normalized spacial score (nSPS) is 12.6. The van der Waals surface area contributed by atoms with Crippen molar-refractivity contribution in [2.45, 2.75) is 320 Å². The molecule has 99 heavy (non-hydrogen) atoms. The molecule has 0 atom stereocenters. The fourth-order valence-corrected chi connectivity index (χ4v) is 7.78. The van der Waals surface area contributed by atoms with E-state index >= 15 is 0 Å². The molecule has 0 fully saturated rings. The molecular formula is C86H146O13. The molecule has 568 valence electrons. The van der Waals surface area contributed by atoms with Gasteiger partial charge in [-0.05, 0) is 42.2 Å². The zero-order valence-corrected chi connectivity index (χ0v) is 70.0. The van der Waals surface area contributed by atoms with Gasteiger partial charge in [0.1, 0.15) is 53.7 Å². The van der Waals surface area contributed by atoms with Crippen LogP contribution < -0.4 is 0 Å². The van der Waals surface area contributed by atoms with E-state index in [0.29, 0.717) is 69.0 Å². The van der Waals surface area contributed by atoms with Crippen LogP contribution >= 0.6 is 0 Å². The van der Waals surface area contributed by atoms with E-state index in [9.17, 15) is 52.7 Å². The SMILES string of the molecule is CC(C)(C)C(=O)CCC(=O)C(C)(C)C.CC(C)(C)C(=O)CCCC(=O)C(C)(C)C.CC(C)(C)C(=O)CCc1ccc(C(=O)C(C)(C)C)cc1.CC(C)(C)C(=O)COCC(=O)C(C)(C)C.CC(C)(C)C(=O)Cc1ccccc1C(=O)C(C)(C)C.CC(C)(C)CCCOCCC(=O)C(C)(C)C. The molecule has 0 aliphatic heterocycles. The second kappa shape index (κ2) is 41.7. The molecule has 0 radical (unpaired) electrons. The number of benzene rings is 2. The van der Waals surface area contributed by atoms with Crippen molar-refractivity contribution >= 4 is 63.6 Å². The maximum Gasteiger partial charge on any atom is 0.168 e. The third-order valence-electron chi connectivity index (χ3n) is 15.9. The van der Waals surface area contributed by atoms with Crippen LogP contribution in [0.2, 0.25) is 0 Å². The lowest BCUT2D eigenvalue weighted by Crippen LogP contribution is -2.29. The Labute approximate surface area is 605 Å². The third kappa shape index (κ3) is 48.3. The minimum Gasteiger partial charge on any atom is -0.381 e. The Morgan fingerprint density at radius 3 is 0.919 bits per heavy atom. The van der Waals surface area contributed by atoms with Gasteiger partial charge in [0.15, 0.2) is 23.1 Å². The Bertz CT molecular complexity index is 2750. The largest absolute Gasteiger partial charge is 0.381 e. The highest BCUT2D eigenvalue weighted by Crippen LogP contribution is 2.29. The minimum atomic E-state index is -0.430. The summed E-state index contributed by atoms with van der Waals surface area (Å²) < 4.78 is 10.6. The first-order valence-corrected chi connectivity index (χ1v) is 36.0. The molecule has 0 heterocycles. The molecule has 0 saturated carbocycles. The maximum atomic E-state index is 12.4. The van der Waals surface area contributed by atoms with Gasteiger partial charge < -0.3 is 9.47 Å². The summed E-state index contributed by atoms with van der Waals surface area (Å²) in [6.45, 7) is 70.8. The van der Waals surface area contributed by atoms with Gasteiger partial charge in [-0.2, -0.15) is 0 Å². The molecular weight excluding hydrogens is 1240 g/mol. The van der Waals surface area contributed by atoms with E-state index in [2.05, 4.69) is 20.8 Å². The number of aryl methyl sites for hydroxylation is 1. The molecule has 0 unspecified atom stereocenters. The number of hydrogen-bond acceptors (Lipinski definition) is 13. The van der Waals surface area contributed by atoms with Crippen LogP contribution in [0.3, 0.4) is 0 Å². The summed E-state index contributed by atoms with van der Waals surface area (Å²) >= 11 is 0. The lowest BCUT2D eigenvalue weighted by molar-refractivity contribution is -0.137. The molecule has 13 nitrogen and oxygen atoms in total. The monoisotopic (exact) mass is 1390 g/mol. The summed E-state index contributed by atoms with van der Waals surface area (Å²) in [4.78, 5) is 129. The van der Waals surface area contributed by atoms with E-state index in [-0.39, 0.29) is 120 Å². The predicted molar refractivity (Wildman–Crippen MR) is 411 cm³/mol. The molecule has 2 aromatic rings. The van der Waals surface area contributed by atoms with Crippen LogP contribution in [0.5, 0.6) is 0 Å². The fourth-order valence-electron chi connectivity index (χ4n) is 7.78. The average Bonchev–Trinajstić information content (AvgIpc) is 0.825. The van der Waals surface area contributed by atoms with Crippen LogP contribution in [0.1, 0.15) is 339 Å². The zero-order chi connectivity index (χ0) is 79.3. The van der Waals surface area contributed by atoms with E-state index in [1.807, 2.05) is 277 Å². The van der Waals surface area contributed by atoms with Gasteiger partial charge in [0.2, 0.25) is 0 Å². The molecule has 0 amide bonds. The number of hydrogen-bond donors (Lipinski definition) is 0. The van der Waals surface area contributed by atoms with Crippen molar-refractivity contribution in [1.29, 1.82) is 0 Å². The van der Waals surface area contributed by atoms with Gasteiger partial charge in [0.05, 0.1) is 6.61 Å². The molecule has 0 spiro atoms. The summed E-state index contributed by atoms with van der Waals surface area (Å²) in [6.07, 6.45) is 6.87. The lowest BCUT2D eigenvalue weighted by Gasteiger charge is -2.21. The third-order valence-corrected chi connectivity index (χ3v) is 15.9. The molecule has 2 rings (SSSR count). The number of Topliss-reactive ketones (excluding diaryl/α,β-unsaturated/α-hetero) is 11.